The zero-order chi connectivity index (χ0) is 15.2. The molecule has 0 aliphatic carbocycles. The van der Waals surface area contributed by atoms with E-state index in [1.165, 1.54) is 0 Å². The Morgan fingerprint density at radius 3 is 2.52 bits per heavy atom. The number of anilines is 1. The van der Waals surface area contributed by atoms with Gasteiger partial charge in [-0.1, -0.05) is 35.0 Å². The first-order chi connectivity index (χ1) is 10.2. The minimum atomic E-state index is -0.0558. The van der Waals surface area contributed by atoms with Crippen LogP contribution >= 0.6 is 15.9 Å². The zero-order valence-corrected chi connectivity index (χ0v) is 14.3. The normalized spacial score (nSPS) is 16.7. The van der Waals surface area contributed by atoms with Gasteiger partial charge in [0.05, 0.1) is 17.1 Å². The largest absolute Gasteiger partial charge is 0.492 e. The SMILES string of the molecule is CCOc1ccccc1N1CCN(C(=O)C(Br)CC)CC1. The molecule has 1 amide bonds. The fourth-order valence-electron chi connectivity index (χ4n) is 2.54. The molecule has 0 spiro atoms. The van der Waals surface area contributed by atoms with Crippen molar-refractivity contribution >= 4 is 27.5 Å². The molecular formula is C16H23BrN2O2. The van der Waals surface area contributed by atoms with Crippen LogP contribution in [0, 0.1) is 0 Å². The van der Waals surface area contributed by atoms with E-state index in [9.17, 15) is 4.79 Å². The van der Waals surface area contributed by atoms with Gasteiger partial charge in [0.25, 0.3) is 0 Å². The van der Waals surface area contributed by atoms with E-state index in [4.69, 9.17) is 4.74 Å². The molecule has 1 atom stereocenters. The summed E-state index contributed by atoms with van der Waals surface area (Å²) in [5.41, 5.74) is 1.12. The summed E-state index contributed by atoms with van der Waals surface area (Å²) in [7, 11) is 0. The molecular weight excluding hydrogens is 332 g/mol. The van der Waals surface area contributed by atoms with Crippen molar-refractivity contribution in [1.82, 2.24) is 4.90 Å². The molecule has 2 rings (SSSR count). The highest BCUT2D eigenvalue weighted by molar-refractivity contribution is 9.10. The number of hydrogen-bond donors (Lipinski definition) is 0. The molecule has 1 aromatic carbocycles. The average Bonchev–Trinajstić information content (AvgIpc) is 2.54. The number of amides is 1. The van der Waals surface area contributed by atoms with Crippen molar-refractivity contribution in [2.75, 3.05) is 37.7 Å². The second-order valence-corrected chi connectivity index (χ2v) is 6.19. The van der Waals surface area contributed by atoms with Crippen molar-refractivity contribution in [2.24, 2.45) is 0 Å². The molecule has 1 aliphatic rings. The van der Waals surface area contributed by atoms with Crippen molar-refractivity contribution in [2.45, 2.75) is 25.1 Å². The molecule has 1 fully saturated rings. The van der Waals surface area contributed by atoms with Crippen molar-refractivity contribution in [3.8, 4) is 5.75 Å². The number of nitrogens with zero attached hydrogens (tertiary/aromatic N) is 2. The summed E-state index contributed by atoms with van der Waals surface area (Å²) in [5.74, 6) is 1.13. The molecule has 5 heteroatoms. The number of benzene rings is 1. The van der Waals surface area contributed by atoms with Gasteiger partial charge in [0, 0.05) is 26.2 Å². The lowest BCUT2D eigenvalue weighted by molar-refractivity contribution is -0.130. The molecule has 21 heavy (non-hydrogen) atoms. The number of carbonyl (C=O) groups is 1. The van der Waals surface area contributed by atoms with E-state index < -0.39 is 0 Å². The summed E-state index contributed by atoms with van der Waals surface area (Å²) in [6, 6.07) is 8.11. The van der Waals surface area contributed by atoms with Gasteiger partial charge in [-0.15, -0.1) is 0 Å². The van der Waals surface area contributed by atoms with Crippen molar-refractivity contribution in [3.05, 3.63) is 24.3 Å². The van der Waals surface area contributed by atoms with E-state index in [-0.39, 0.29) is 10.7 Å². The first-order valence-corrected chi connectivity index (χ1v) is 8.48. The summed E-state index contributed by atoms with van der Waals surface area (Å²) in [6.45, 7) is 7.90. The minimum Gasteiger partial charge on any atom is -0.492 e. The number of piperazine rings is 1. The highest BCUT2D eigenvalue weighted by Crippen LogP contribution is 2.29. The third-order valence-corrected chi connectivity index (χ3v) is 4.76. The molecule has 116 valence electrons. The Hall–Kier alpha value is -1.23. The molecule has 0 radical (unpaired) electrons. The van der Waals surface area contributed by atoms with Gasteiger partial charge in [0.15, 0.2) is 0 Å². The second-order valence-electron chi connectivity index (χ2n) is 5.09. The predicted octanol–water partition coefficient (Wildman–Crippen LogP) is 2.91. The molecule has 1 unspecified atom stereocenters. The van der Waals surface area contributed by atoms with Crippen LogP contribution in [0.5, 0.6) is 5.75 Å². The van der Waals surface area contributed by atoms with Crippen LogP contribution in [0.4, 0.5) is 5.69 Å². The Morgan fingerprint density at radius 1 is 1.24 bits per heavy atom. The van der Waals surface area contributed by atoms with Gasteiger partial charge >= 0.3 is 0 Å². The molecule has 0 bridgehead atoms. The zero-order valence-electron chi connectivity index (χ0n) is 12.7. The molecule has 1 saturated heterocycles. The van der Waals surface area contributed by atoms with Gasteiger partial charge in [0.2, 0.25) is 5.91 Å². The number of halogens is 1. The number of carbonyl (C=O) groups excluding carboxylic acids is 1. The molecule has 0 N–H and O–H groups in total. The number of rotatable bonds is 5. The predicted molar refractivity (Wildman–Crippen MR) is 89.4 cm³/mol. The number of hydrogen-bond acceptors (Lipinski definition) is 3. The summed E-state index contributed by atoms with van der Waals surface area (Å²) in [5, 5.41) is 0. The summed E-state index contributed by atoms with van der Waals surface area (Å²) in [4.78, 5) is 16.4. The maximum absolute atomic E-state index is 12.2. The standard InChI is InChI=1S/C16H23BrN2O2/c1-3-13(17)16(20)19-11-9-18(10-12-19)14-7-5-6-8-15(14)21-4-2/h5-8,13H,3-4,9-12H2,1-2H3. The molecule has 4 nitrogen and oxygen atoms in total. The Labute approximate surface area is 135 Å². The van der Waals surface area contributed by atoms with Crippen LogP contribution < -0.4 is 9.64 Å². The fourth-order valence-corrected chi connectivity index (χ4v) is 2.83. The second kappa shape index (κ2) is 7.69. The Morgan fingerprint density at radius 2 is 1.90 bits per heavy atom. The minimum absolute atomic E-state index is 0.0558. The highest BCUT2D eigenvalue weighted by atomic mass is 79.9. The molecule has 0 aromatic heterocycles. The maximum atomic E-state index is 12.2. The topological polar surface area (TPSA) is 32.8 Å². The third kappa shape index (κ3) is 3.90. The van der Waals surface area contributed by atoms with E-state index in [1.54, 1.807) is 0 Å². The van der Waals surface area contributed by atoms with E-state index in [0.29, 0.717) is 6.61 Å². The highest BCUT2D eigenvalue weighted by Gasteiger charge is 2.25. The van der Waals surface area contributed by atoms with E-state index >= 15 is 0 Å². The smallest absolute Gasteiger partial charge is 0.236 e. The van der Waals surface area contributed by atoms with Crippen LogP contribution in [0.25, 0.3) is 0 Å². The first kappa shape index (κ1) is 16.1. The first-order valence-electron chi connectivity index (χ1n) is 7.57. The van der Waals surface area contributed by atoms with Crippen LogP contribution in [0.1, 0.15) is 20.3 Å². The summed E-state index contributed by atoms with van der Waals surface area (Å²) < 4.78 is 5.69. The Kier molecular flexibility index (Phi) is 5.91. The van der Waals surface area contributed by atoms with Crippen LogP contribution in [0.2, 0.25) is 0 Å². The lowest BCUT2D eigenvalue weighted by atomic mass is 10.2. The molecule has 0 saturated carbocycles. The van der Waals surface area contributed by atoms with Crippen LogP contribution in [-0.2, 0) is 4.79 Å². The molecule has 1 aromatic rings. The van der Waals surface area contributed by atoms with Gasteiger partial charge in [-0.05, 0) is 25.5 Å². The fraction of sp³-hybridized carbons (Fsp3) is 0.562. The molecule has 1 heterocycles. The lowest BCUT2D eigenvalue weighted by Crippen LogP contribution is -2.50. The third-order valence-electron chi connectivity index (χ3n) is 3.72. The van der Waals surface area contributed by atoms with E-state index in [2.05, 4.69) is 26.9 Å². The molecule has 1 aliphatic heterocycles. The van der Waals surface area contributed by atoms with Crippen molar-refractivity contribution in [1.29, 1.82) is 0 Å². The Bertz CT molecular complexity index is 473. The summed E-state index contributed by atoms with van der Waals surface area (Å²) >= 11 is 3.45. The number of ether oxygens (including phenoxy) is 1. The van der Waals surface area contributed by atoms with Gasteiger partial charge in [0.1, 0.15) is 5.75 Å². The van der Waals surface area contributed by atoms with Gasteiger partial charge in [-0.25, -0.2) is 0 Å². The van der Waals surface area contributed by atoms with Gasteiger partial charge < -0.3 is 14.5 Å². The number of para-hydroxylation sites is 2. The van der Waals surface area contributed by atoms with E-state index in [0.717, 1.165) is 44.0 Å². The quantitative estimate of drug-likeness (QED) is 0.762. The number of alkyl halides is 1. The van der Waals surface area contributed by atoms with Crippen LogP contribution in [-0.4, -0.2) is 48.4 Å². The lowest BCUT2D eigenvalue weighted by Gasteiger charge is -2.37. The maximum Gasteiger partial charge on any atom is 0.236 e. The van der Waals surface area contributed by atoms with Crippen molar-refractivity contribution in [3.63, 3.8) is 0 Å². The average molecular weight is 355 g/mol. The van der Waals surface area contributed by atoms with E-state index in [1.807, 2.05) is 36.9 Å². The van der Waals surface area contributed by atoms with Gasteiger partial charge in [-0.2, -0.15) is 0 Å². The Balaban J connectivity index is 1.99. The monoisotopic (exact) mass is 354 g/mol. The van der Waals surface area contributed by atoms with Crippen molar-refractivity contribution < 1.29 is 9.53 Å². The van der Waals surface area contributed by atoms with Crippen LogP contribution in [0.3, 0.4) is 0 Å². The van der Waals surface area contributed by atoms with Gasteiger partial charge in [-0.3, -0.25) is 4.79 Å². The van der Waals surface area contributed by atoms with Crippen LogP contribution in [0.15, 0.2) is 24.3 Å². The summed E-state index contributed by atoms with van der Waals surface area (Å²) in [6.07, 6.45) is 0.826.